The first-order valence-electron chi connectivity index (χ1n) is 6.34. The number of benzene rings is 1. The summed E-state index contributed by atoms with van der Waals surface area (Å²) in [5.41, 5.74) is 7.18. The zero-order valence-electron chi connectivity index (χ0n) is 11.2. The van der Waals surface area contributed by atoms with Gasteiger partial charge in [0.05, 0.1) is 0 Å². The molecule has 0 aliphatic rings. The van der Waals surface area contributed by atoms with Crippen molar-refractivity contribution in [2.75, 3.05) is 6.54 Å². The minimum atomic E-state index is -1.02. The van der Waals surface area contributed by atoms with Gasteiger partial charge >= 0.3 is 0 Å². The van der Waals surface area contributed by atoms with E-state index in [4.69, 9.17) is 5.73 Å². The third-order valence-electron chi connectivity index (χ3n) is 3.19. The number of hydrogen-bond donors (Lipinski definition) is 2. The number of rotatable bonds is 5. The molecule has 5 heteroatoms. The Morgan fingerprint density at radius 3 is 2.65 bits per heavy atom. The third kappa shape index (κ3) is 3.69. The molecule has 1 aromatic carbocycles. The lowest BCUT2D eigenvalue weighted by Crippen LogP contribution is -2.49. The zero-order chi connectivity index (χ0) is 14.6. The maximum Gasteiger partial charge on any atom is 0.244 e. The number of nitrogens with one attached hydrogen (secondary N) is 1. The fraction of sp³-hybridized carbons (Fsp3) is 0.267. The Labute approximate surface area is 131 Å². The van der Waals surface area contributed by atoms with Crippen molar-refractivity contribution in [1.82, 2.24) is 5.32 Å². The first-order chi connectivity index (χ1) is 9.50. The molecule has 2 rings (SSSR count). The van der Waals surface area contributed by atoms with Crippen molar-refractivity contribution >= 4 is 33.2 Å². The predicted molar refractivity (Wildman–Crippen MR) is 86.7 cm³/mol. The van der Waals surface area contributed by atoms with E-state index in [1.165, 1.54) is 5.56 Å². The summed E-state index contributed by atoms with van der Waals surface area (Å²) >= 11 is 5.03. The van der Waals surface area contributed by atoms with Gasteiger partial charge in [0.2, 0.25) is 5.91 Å². The summed E-state index contributed by atoms with van der Waals surface area (Å²) in [5.74, 6) is -0.157. The summed E-state index contributed by atoms with van der Waals surface area (Å²) in [7, 11) is 0. The molecule has 1 unspecified atom stereocenters. The van der Waals surface area contributed by atoms with Gasteiger partial charge in [-0.2, -0.15) is 11.3 Å². The van der Waals surface area contributed by atoms with Crippen molar-refractivity contribution < 1.29 is 4.79 Å². The number of amides is 1. The van der Waals surface area contributed by atoms with E-state index in [2.05, 4.69) is 32.7 Å². The van der Waals surface area contributed by atoms with Crippen LogP contribution in [-0.2, 0) is 16.8 Å². The Hall–Kier alpha value is -1.17. The average Bonchev–Trinajstić information content (AvgIpc) is 2.92. The van der Waals surface area contributed by atoms with Gasteiger partial charge in [-0.05, 0) is 53.4 Å². The van der Waals surface area contributed by atoms with E-state index in [1.807, 2.05) is 29.6 Å². The van der Waals surface area contributed by atoms with Crippen LogP contribution < -0.4 is 11.1 Å². The summed E-state index contributed by atoms with van der Waals surface area (Å²) in [6.45, 7) is 2.33. The minimum absolute atomic E-state index is 0.157. The molecule has 1 amide bonds. The van der Waals surface area contributed by atoms with Crippen LogP contribution in [0.2, 0.25) is 0 Å². The summed E-state index contributed by atoms with van der Waals surface area (Å²) < 4.78 is 0.968. The molecule has 0 radical (unpaired) electrons. The monoisotopic (exact) mass is 352 g/mol. The van der Waals surface area contributed by atoms with Gasteiger partial charge in [-0.1, -0.05) is 28.1 Å². The number of halogens is 1. The molecule has 0 bridgehead atoms. The van der Waals surface area contributed by atoms with Gasteiger partial charge in [-0.15, -0.1) is 0 Å². The van der Waals surface area contributed by atoms with Gasteiger partial charge in [0.1, 0.15) is 5.54 Å². The van der Waals surface area contributed by atoms with E-state index in [0.29, 0.717) is 6.54 Å². The van der Waals surface area contributed by atoms with E-state index in [0.717, 1.165) is 16.5 Å². The predicted octanol–water partition coefficient (Wildman–Crippen LogP) is 3.04. The van der Waals surface area contributed by atoms with Crippen LogP contribution in [0.15, 0.2) is 45.6 Å². The second-order valence-corrected chi connectivity index (χ2v) is 6.54. The molecule has 20 heavy (non-hydrogen) atoms. The minimum Gasteiger partial charge on any atom is -0.354 e. The third-order valence-corrected chi connectivity index (χ3v) is 4.46. The Morgan fingerprint density at radius 1 is 1.35 bits per heavy atom. The molecule has 0 spiro atoms. The van der Waals surface area contributed by atoms with Gasteiger partial charge < -0.3 is 11.1 Å². The molecule has 1 aromatic heterocycles. The molecule has 0 saturated carbocycles. The molecular weight excluding hydrogens is 336 g/mol. The Morgan fingerprint density at radius 2 is 2.05 bits per heavy atom. The van der Waals surface area contributed by atoms with Crippen LogP contribution >= 0.6 is 27.3 Å². The van der Waals surface area contributed by atoms with Crippen LogP contribution in [0, 0.1) is 0 Å². The van der Waals surface area contributed by atoms with Crippen molar-refractivity contribution in [2.45, 2.75) is 18.9 Å². The first kappa shape index (κ1) is 15.2. The fourth-order valence-electron chi connectivity index (χ4n) is 1.87. The first-order valence-corrected chi connectivity index (χ1v) is 8.08. The molecule has 0 saturated heterocycles. The van der Waals surface area contributed by atoms with Crippen molar-refractivity contribution in [3.8, 4) is 0 Å². The Bertz CT molecular complexity index is 564. The van der Waals surface area contributed by atoms with E-state index in [-0.39, 0.29) is 5.91 Å². The quantitative estimate of drug-likeness (QED) is 0.868. The smallest absolute Gasteiger partial charge is 0.244 e. The maximum atomic E-state index is 12.2. The van der Waals surface area contributed by atoms with E-state index in [9.17, 15) is 4.79 Å². The Balaban J connectivity index is 1.94. The molecule has 106 valence electrons. The van der Waals surface area contributed by atoms with Gasteiger partial charge in [0, 0.05) is 11.0 Å². The van der Waals surface area contributed by atoms with Crippen molar-refractivity contribution in [1.29, 1.82) is 0 Å². The largest absolute Gasteiger partial charge is 0.354 e. The number of carbonyl (C=O) groups excluding carboxylic acids is 1. The van der Waals surface area contributed by atoms with Crippen LogP contribution in [0.1, 0.15) is 18.1 Å². The second kappa shape index (κ2) is 6.52. The molecule has 0 aliphatic heterocycles. The molecule has 0 fully saturated rings. The SMILES string of the molecule is CC(N)(C(=O)NCCc1ccsc1)c1ccc(Br)cc1. The maximum absolute atomic E-state index is 12.2. The van der Waals surface area contributed by atoms with Crippen molar-refractivity contribution in [3.05, 3.63) is 56.7 Å². The molecule has 3 N–H and O–H groups in total. The number of hydrogen-bond acceptors (Lipinski definition) is 3. The highest BCUT2D eigenvalue weighted by molar-refractivity contribution is 9.10. The number of carbonyl (C=O) groups is 1. The lowest BCUT2D eigenvalue weighted by molar-refractivity contribution is -0.126. The van der Waals surface area contributed by atoms with E-state index < -0.39 is 5.54 Å². The summed E-state index contributed by atoms with van der Waals surface area (Å²) in [6, 6.07) is 9.57. The second-order valence-electron chi connectivity index (χ2n) is 4.85. The van der Waals surface area contributed by atoms with Gasteiger partial charge in [0.15, 0.2) is 0 Å². The topological polar surface area (TPSA) is 55.1 Å². The van der Waals surface area contributed by atoms with Crippen LogP contribution in [0.4, 0.5) is 0 Å². The molecule has 3 nitrogen and oxygen atoms in total. The van der Waals surface area contributed by atoms with Gasteiger partial charge in [-0.3, -0.25) is 4.79 Å². The van der Waals surface area contributed by atoms with Crippen molar-refractivity contribution in [2.24, 2.45) is 5.73 Å². The number of nitrogens with two attached hydrogens (primary N) is 1. The van der Waals surface area contributed by atoms with Crippen LogP contribution in [0.25, 0.3) is 0 Å². The molecule has 2 aromatic rings. The Kier molecular flexibility index (Phi) is 4.96. The van der Waals surface area contributed by atoms with Crippen LogP contribution in [-0.4, -0.2) is 12.5 Å². The molecule has 1 heterocycles. The lowest BCUT2D eigenvalue weighted by Gasteiger charge is -2.24. The highest BCUT2D eigenvalue weighted by atomic mass is 79.9. The average molecular weight is 353 g/mol. The standard InChI is InChI=1S/C15H17BrN2OS/c1-15(17,12-2-4-13(16)5-3-12)14(19)18-8-6-11-7-9-20-10-11/h2-5,7,9-10H,6,8,17H2,1H3,(H,18,19). The van der Waals surface area contributed by atoms with Gasteiger partial charge in [0.25, 0.3) is 0 Å². The van der Waals surface area contributed by atoms with E-state index >= 15 is 0 Å². The van der Waals surface area contributed by atoms with E-state index in [1.54, 1.807) is 18.3 Å². The molecule has 1 atom stereocenters. The summed E-state index contributed by atoms with van der Waals surface area (Å²) in [6.07, 6.45) is 0.825. The molecular formula is C15H17BrN2OS. The van der Waals surface area contributed by atoms with Crippen molar-refractivity contribution in [3.63, 3.8) is 0 Å². The van der Waals surface area contributed by atoms with Gasteiger partial charge in [-0.25, -0.2) is 0 Å². The molecule has 0 aliphatic carbocycles. The summed E-state index contributed by atoms with van der Waals surface area (Å²) in [5, 5.41) is 7.02. The normalized spacial score (nSPS) is 13.8. The highest BCUT2D eigenvalue weighted by Gasteiger charge is 2.29. The fourth-order valence-corrected chi connectivity index (χ4v) is 2.83. The van der Waals surface area contributed by atoms with Crippen LogP contribution in [0.3, 0.4) is 0 Å². The lowest BCUT2D eigenvalue weighted by atomic mass is 9.92. The zero-order valence-corrected chi connectivity index (χ0v) is 13.6. The highest BCUT2D eigenvalue weighted by Crippen LogP contribution is 2.20. The van der Waals surface area contributed by atoms with Crippen LogP contribution in [0.5, 0.6) is 0 Å². The number of thiophene rings is 1. The summed E-state index contributed by atoms with van der Waals surface area (Å²) in [4.78, 5) is 12.2.